The first-order valence-electron chi connectivity index (χ1n) is 7.82. The number of sulfonamides is 1. The highest BCUT2D eigenvalue weighted by Gasteiger charge is 2.28. The lowest BCUT2D eigenvalue weighted by atomic mass is 10.1. The third-order valence-corrected chi connectivity index (χ3v) is 5.82. The Balaban J connectivity index is 1.92. The van der Waals surface area contributed by atoms with Gasteiger partial charge in [-0.05, 0) is 57.4 Å². The third-order valence-electron chi connectivity index (χ3n) is 3.72. The summed E-state index contributed by atoms with van der Waals surface area (Å²) in [5, 5.41) is 3.71. The molecule has 0 unspecified atom stereocenters. The topological polar surface area (TPSA) is 72.6 Å². The summed E-state index contributed by atoms with van der Waals surface area (Å²) in [5.41, 5.74) is 2.66. The Bertz CT molecular complexity index is 772. The summed E-state index contributed by atoms with van der Waals surface area (Å²) in [5.74, 6) is 1.12. The Hall–Kier alpha value is -1.86. The standard InChI is InChI=1S/C17H24N2O4S/c1-12-9-13(2)11-16(10-12)22-8-6-7-19(5)24(20,21)17-14(3)18-23-15(17)4/h9-11H,6-8H2,1-5H3. The summed E-state index contributed by atoms with van der Waals surface area (Å²) in [4.78, 5) is 0.153. The molecule has 0 aliphatic carbocycles. The second-order valence-electron chi connectivity index (χ2n) is 6.01. The molecule has 0 radical (unpaired) electrons. The maximum Gasteiger partial charge on any atom is 0.248 e. The van der Waals surface area contributed by atoms with Crippen molar-refractivity contribution in [1.29, 1.82) is 0 Å². The fraction of sp³-hybridized carbons (Fsp3) is 0.471. The summed E-state index contributed by atoms with van der Waals surface area (Å²) in [6.07, 6.45) is 0.589. The number of hydrogen-bond donors (Lipinski definition) is 0. The van der Waals surface area contributed by atoms with E-state index in [2.05, 4.69) is 11.2 Å². The summed E-state index contributed by atoms with van der Waals surface area (Å²) >= 11 is 0. The first-order chi connectivity index (χ1) is 11.2. The molecule has 0 aliphatic heterocycles. The molecule has 0 spiro atoms. The SMILES string of the molecule is Cc1cc(C)cc(OCCCN(C)S(=O)(=O)c2c(C)noc2C)c1. The lowest BCUT2D eigenvalue weighted by molar-refractivity contribution is 0.296. The largest absolute Gasteiger partial charge is 0.494 e. The fourth-order valence-corrected chi connectivity index (χ4v) is 4.10. The monoisotopic (exact) mass is 352 g/mol. The number of rotatable bonds is 7. The number of nitrogens with zero attached hydrogens (tertiary/aromatic N) is 2. The van der Waals surface area contributed by atoms with Crippen LogP contribution in [0.1, 0.15) is 29.0 Å². The number of hydrogen-bond acceptors (Lipinski definition) is 5. The van der Waals surface area contributed by atoms with E-state index >= 15 is 0 Å². The van der Waals surface area contributed by atoms with Gasteiger partial charge in [0, 0.05) is 13.6 Å². The molecule has 2 rings (SSSR count). The molecule has 0 amide bonds. The first kappa shape index (κ1) is 18.5. The van der Waals surface area contributed by atoms with Crippen LogP contribution in [0.4, 0.5) is 0 Å². The molecule has 0 saturated heterocycles. The first-order valence-corrected chi connectivity index (χ1v) is 9.26. The molecule has 24 heavy (non-hydrogen) atoms. The van der Waals surface area contributed by atoms with Crippen molar-refractivity contribution < 1.29 is 17.7 Å². The zero-order valence-corrected chi connectivity index (χ0v) is 15.6. The minimum Gasteiger partial charge on any atom is -0.494 e. The third kappa shape index (κ3) is 4.15. The van der Waals surface area contributed by atoms with Gasteiger partial charge in [-0.1, -0.05) is 11.2 Å². The van der Waals surface area contributed by atoms with Crippen LogP contribution < -0.4 is 4.74 Å². The molecule has 7 heteroatoms. The molecule has 2 aromatic rings. The van der Waals surface area contributed by atoms with E-state index in [1.807, 2.05) is 26.0 Å². The van der Waals surface area contributed by atoms with E-state index in [1.54, 1.807) is 20.9 Å². The van der Waals surface area contributed by atoms with Crippen molar-refractivity contribution in [2.24, 2.45) is 0 Å². The summed E-state index contributed by atoms with van der Waals surface area (Å²) in [6, 6.07) is 6.02. The molecule has 0 fully saturated rings. The zero-order chi connectivity index (χ0) is 17.9. The van der Waals surface area contributed by atoms with Crippen molar-refractivity contribution in [3.05, 3.63) is 40.8 Å². The Morgan fingerprint density at radius 2 is 1.75 bits per heavy atom. The number of aryl methyl sites for hydroxylation is 4. The van der Waals surface area contributed by atoms with Gasteiger partial charge in [-0.3, -0.25) is 0 Å². The molecule has 0 aliphatic rings. The lowest BCUT2D eigenvalue weighted by Crippen LogP contribution is -2.29. The summed E-state index contributed by atoms with van der Waals surface area (Å²) < 4.78 is 37.1. The van der Waals surface area contributed by atoms with Gasteiger partial charge in [-0.15, -0.1) is 0 Å². The highest BCUT2D eigenvalue weighted by Crippen LogP contribution is 2.22. The van der Waals surface area contributed by atoms with E-state index in [0.29, 0.717) is 31.0 Å². The molecule has 0 bridgehead atoms. The van der Waals surface area contributed by atoms with E-state index in [9.17, 15) is 8.42 Å². The van der Waals surface area contributed by atoms with Crippen molar-refractivity contribution in [3.63, 3.8) is 0 Å². The van der Waals surface area contributed by atoms with Gasteiger partial charge in [-0.2, -0.15) is 0 Å². The summed E-state index contributed by atoms with van der Waals surface area (Å²) in [7, 11) is -2.04. The van der Waals surface area contributed by atoms with Gasteiger partial charge < -0.3 is 9.26 Å². The summed E-state index contributed by atoms with van der Waals surface area (Å²) in [6.45, 7) is 8.07. The quantitative estimate of drug-likeness (QED) is 0.716. The van der Waals surface area contributed by atoms with Gasteiger partial charge in [0.2, 0.25) is 10.0 Å². The average molecular weight is 352 g/mol. The van der Waals surface area contributed by atoms with Crippen LogP contribution in [-0.2, 0) is 10.0 Å². The van der Waals surface area contributed by atoms with Crippen LogP contribution in [0, 0.1) is 27.7 Å². The van der Waals surface area contributed by atoms with E-state index in [-0.39, 0.29) is 4.90 Å². The van der Waals surface area contributed by atoms with E-state index in [1.165, 1.54) is 4.31 Å². The number of benzene rings is 1. The Morgan fingerprint density at radius 1 is 1.12 bits per heavy atom. The van der Waals surface area contributed by atoms with E-state index in [0.717, 1.165) is 16.9 Å². The van der Waals surface area contributed by atoms with Crippen molar-refractivity contribution in [2.75, 3.05) is 20.2 Å². The van der Waals surface area contributed by atoms with Crippen LogP contribution in [0.2, 0.25) is 0 Å². The molecule has 0 saturated carbocycles. The normalized spacial score (nSPS) is 11.9. The van der Waals surface area contributed by atoms with Crippen LogP contribution in [0.15, 0.2) is 27.6 Å². The molecular formula is C17H24N2O4S. The smallest absolute Gasteiger partial charge is 0.248 e. The molecule has 0 atom stereocenters. The van der Waals surface area contributed by atoms with Gasteiger partial charge in [0.15, 0.2) is 5.76 Å². The number of aromatic nitrogens is 1. The van der Waals surface area contributed by atoms with Crippen LogP contribution in [-0.4, -0.2) is 38.1 Å². The maximum absolute atomic E-state index is 12.6. The van der Waals surface area contributed by atoms with Crippen LogP contribution >= 0.6 is 0 Å². The van der Waals surface area contributed by atoms with Crippen LogP contribution in [0.3, 0.4) is 0 Å². The second kappa shape index (κ2) is 7.36. The molecule has 132 valence electrons. The van der Waals surface area contributed by atoms with Gasteiger partial charge in [0.05, 0.1) is 6.61 Å². The lowest BCUT2D eigenvalue weighted by Gasteiger charge is -2.17. The van der Waals surface area contributed by atoms with Crippen molar-refractivity contribution in [1.82, 2.24) is 9.46 Å². The van der Waals surface area contributed by atoms with Crippen LogP contribution in [0.25, 0.3) is 0 Å². The van der Waals surface area contributed by atoms with Gasteiger partial charge in [-0.25, -0.2) is 12.7 Å². The van der Waals surface area contributed by atoms with Crippen molar-refractivity contribution in [3.8, 4) is 5.75 Å². The molecule has 1 aromatic heterocycles. The molecule has 1 aromatic carbocycles. The highest BCUT2D eigenvalue weighted by atomic mass is 32.2. The van der Waals surface area contributed by atoms with E-state index in [4.69, 9.17) is 9.26 Å². The van der Waals surface area contributed by atoms with E-state index < -0.39 is 10.0 Å². The van der Waals surface area contributed by atoms with Gasteiger partial charge in [0.25, 0.3) is 0 Å². The molecular weight excluding hydrogens is 328 g/mol. The Labute approximate surface area is 143 Å². The second-order valence-corrected chi connectivity index (χ2v) is 7.99. The fourth-order valence-electron chi connectivity index (χ4n) is 2.61. The van der Waals surface area contributed by atoms with Gasteiger partial charge >= 0.3 is 0 Å². The average Bonchev–Trinajstić information content (AvgIpc) is 2.82. The maximum atomic E-state index is 12.6. The highest BCUT2D eigenvalue weighted by molar-refractivity contribution is 7.89. The van der Waals surface area contributed by atoms with Crippen molar-refractivity contribution in [2.45, 2.75) is 39.0 Å². The minimum absolute atomic E-state index is 0.153. The Kier molecular flexibility index (Phi) is 5.66. The Morgan fingerprint density at radius 3 is 2.29 bits per heavy atom. The minimum atomic E-state index is -3.59. The molecule has 6 nitrogen and oxygen atoms in total. The van der Waals surface area contributed by atoms with Crippen molar-refractivity contribution >= 4 is 10.0 Å². The molecule has 1 heterocycles. The zero-order valence-electron chi connectivity index (χ0n) is 14.8. The van der Waals surface area contributed by atoms with Gasteiger partial charge in [0.1, 0.15) is 16.3 Å². The van der Waals surface area contributed by atoms with Crippen LogP contribution in [0.5, 0.6) is 5.75 Å². The predicted octanol–water partition coefficient (Wildman–Crippen LogP) is 3.00. The molecule has 0 N–H and O–H groups in total. The number of ether oxygens (including phenoxy) is 1. The predicted molar refractivity (Wildman–Crippen MR) is 91.8 cm³/mol.